The Kier molecular flexibility index (Phi) is 2.19. The van der Waals surface area contributed by atoms with Crippen molar-refractivity contribution in [2.24, 2.45) is 0 Å². The normalized spacial score (nSPS) is 11.2. The van der Waals surface area contributed by atoms with E-state index in [4.69, 9.17) is 0 Å². The number of fused-ring (bicyclic) bond motifs is 1. The summed E-state index contributed by atoms with van der Waals surface area (Å²) in [6.45, 7) is 1.90. The number of benzene rings is 1. The fourth-order valence-corrected chi connectivity index (χ4v) is 1.51. The average molecular weight is 185 g/mol. The zero-order valence-corrected chi connectivity index (χ0v) is 7.97. The van der Waals surface area contributed by atoms with E-state index in [-0.39, 0.29) is 5.56 Å². The molecule has 2 aromatic rings. The molecule has 0 bridgehead atoms. The summed E-state index contributed by atoms with van der Waals surface area (Å²) < 4.78 is 1.65. The molecule has 0 spiro atoms. The van der Waals surface area contributed by atoms with Gasteiger partial charge >= 0.3 is 0 Å². The second kappa shape index (κ2) is 3.50. The molecule has 0 fully saturated rings. The topological polar surface area (TPSA) is 22.0 Å². The molecule has 1 aromatic heterocycles. The van der Waals surface area contributed by atoms with Gasteiger partial charge in [-0.15, -0.1) is 0 Å². The van der Waals surface area contributed by atoms with Crippen molar-refractivity contribution in [2.45, 2.75) is 6.92 Å². The average Bonchev–Trinajstić information content (AvgIpc) is 2.23. The molecule has 0 atom stereocenters. The number of allylic oxidation sites excluding steroid dienone is 1. The molecule has 2 heteroatoms. The van der Waals surface area contributed by atoms with Gasteiger partial charge in [0.2, 0.25) is 0 Å². The maximum absolute atomic E-state index is 11.5. The highest BCUT2D eigenvalue weighted by Gasteiger charge is 1.97. The summed E-state index contributed by atoms with van der Waals surface area (Å²) in [6.07, 6.45) is 3.64. The van der Waals surface area contributed by atoms with Gasteiger partial charge < -0.3 is 0 Å². The van der Waals surface area contributed by atoms with Gasteiger partial charge in [0.1, 0.15) is 0 Å². The molecule has 0 saturated heterocycles. The van der Waals surface area contributed by atoms with E-state index in [0.29, 0.717) is 0 Å². The van der Waals surface area contributed by atoms with Crippen LogP contribution in [-0.2, 0) is 0 Å². The number of hydrogen-bond donors (Lipinski definition) is 0. The van der Waals surface area contributed by atoms with Crippen molar-refractivity contribution in [1.82, 2.24) is 4.57 Å². The molecule has 1 aromatic carbocycles. The number of rotatable bonds is 1. The van der Waals surface area contributed by atoms with Gasteiger partial charge in [-0.05, 0) is 24.4 Å². The van der Waals surface area contributed by atoms with E-state index in [1.165, 1.54) is 0 Å². The smallest absolute Gasteiger partial charge is 0.255 e. The van der Waals surface area contributed by atoms with E-state index in [0.717, 1.165) is 10.9 Å². The lowest BCUT2D eigenvalue weighted by atomic mass is 10.2. The molecule has 0 unspecified atom stereocenters. The van der Waals surface area contributed by atoms with E-state index in [1.807, 2.05) is 43.3 Å². The van der Waals surface area contributed by atoms with Gasteiger partial charge in [0.25, 0.3) is 5.56 Å². The maximum Gasteiger partial charge on any atom is 0.255 e. The van der Waals surface area contributed by atoms with Gasteiger partial charge in [-0.1, -0.05) is 24.3 Å². The highest BCUT2D eigenvalue weighted by atomic mass is 16.1. The van der Waals surface area contributed by atoms with E-state index in [2.05, 4.69) is 0 Å². The summed E-state index contributed by atoms with van der Waals surface area (Å²) in [7, 11) is 0. The Morgan fingerprint density at radius 1 is 1.14 bits per heavy atom. The molecule has 1 heterocycles. The first kappa shape index (κ1) is 8.75. The largest absolute Gasteiger partial charge is 0.284 e. The molecule has 0 radical (unpaired) electrons. The predicted molar refractivity (Wildman–Crippen MR) is 59.2 cm³/mol. The van der Waals surface area contributed by atoms with Crippen LogP contribution in [0.4, 0.5) is 0 Å². The van der Waals surface area contributed by atoms with Crippen LogP contribution in [0.1, 0.15) is 6.92 Å². The fraction of sp³-hybridized carbons (Fsp3) is 0.0833. The Hall–Kier alpha value is -1.83. The molecule has 0 aliphatic heterocycles. The molecule has 0 saturated carbocycles. The van der Waals surface area contributed by atoms with Crippen LogP contribution in [0.3, 0.4) is 0 Å². The molecular formula is C12H11NO. The number of pyridine rings is 1. The third-order valence-corrected chi connectivity index (χ3v) is 2.14. The first-order valence-electron chi connectivity index (χ1n) is 4.56. The van der Waals surface area contributed by atoms with Gasteiger partial charge in [0.05, 0.1) is 5.52 Å². The van der Waals surface area contributed by atoms with Crippen molar-refractivity contribution in [1.29, 1.82) is 0 Å². The van der Waals surface area contributed by atoms with Crippen molar-refractivity contribution in [3.8, 4) is 0 Å². The monoisotopic (exact) mass is 185 g/mol. The maximum atomic E-state index is 11.5. The Labute approximate surface area is 82.1 Å². The van der Waals surface area contributed by atoms with E-state index < -0.39 is 0 Å². The minimum absolute atomic E-state index is 0.00167. The van der Waals surface area contributed by atoms with Gasteiger partial charge in [-0.25, -0.2) is 0 Å². The molecule has 0 N–H and O–H groups in total. The van der Waals surface area contributed by atoms with E-state index in [1.54, 1.807) is 16.8 Å². The van der Waals surface area contributed by atoms with Crippen LogP contribution in [0.5, 0.6) is 0 Å². The van der Waals surface area contributed by atoms with Crippen LogP contribution < -0.4 is 5.56 Å². The SMILES string of the molecule is CC=Cn1c(=O)ccc2ccccc21. The molecule has 14 heavy (non-hydrogen) atoms. The molecule has 0 amide bonds. The third-order valence-electron chi connectivity index (χ3n) is 2.14. The Balaban J connectivity index is 2.89. The second-order valence-electron chi connectivity index (χ2n) is 3.08. The minimum atomic E-state index is 0.00167. The Morgan fingerprint density at radius 3 is 2.71 bits per heavy atom. The summed E-state index contributed by atoms with van der Waals surface area (Å²) >= 11 is 0. The van der Waals surface area contributed by atoms with Gasteiger partial charge in [0, 0.05) is 12.3 Å². The summed E-state index contributed by atoms with van der Waals surface area (Å²) in [4.78, 5) is 11.5. The first-order valence-corrected chi connectivity index (χ1v) is 4.56. The first-order chi connectivity index (χ1) is 6.83. The van der Waals surface area contributed by atoms with Crippen LogP contribution in [0, 0.1) is 0 Å². The van der Waals surface area contributed by atoms with Crippen molar-refractivity contribution in [3.63, 3.8) is 0 Å². The summed E-state index contributed by atoms with van der Waals surface area (Å²) in [5, 5.41) is 1.07. The molecule has 2 nitrogen and oxygen atoms in total. The Morgan fingerprint density at radius 2 is 1.93 bits per heavy atom. The molecule has 2 rings (SSSR count). The van der Waals surface area contributed by atoms with Crippen molar-refractivity contribution >= 4 is 17.1 Å². The van der Waals surface area contributed by atoms with Gasteiger partial charge in [-0.3, -0.25) is 9.36 Å². The van der Waals surface area contributed by atoms with E-state index in [9.17, 15) is 4.79 Å². The lowest BCUT2D eigenvalue weighted by molar-refractivity contribution is 1.12. The molecule has 0 aliphatic rings. The predicted octanol–water partition coefficient (Wildman–Crippen LogP) is 2.49. The molecule has 70 valence electrons. The third kappa shape index (κ3) is 1.35. The highest BCUT2D eigenvalue weighted by molar-refractivity contribution is 5.80. The van der Waals surface area contributed by atoms with Crippen LogP contribution in [0.25, 0.3) is 17.1 Å². The van der Waals surface area contributed by atoms with E-state index >= 15 is 0 Å². The number of hydrogen-bond acceptors (Lipinski definition) is 1. The van der Waals surface area contributed by atoms with Gasteiger partial charge in [-0.2, -0.15) is 0 Å². The zero-order valence-electron chi connectivity index (χ0n) is 7.97. The van der Waals surface area contributed by atoms with Crippen LogP contribution in [0.2, 0.25) is 0 Å². The molecule has 0 aliphatic carbocycles. The Bertz CT molecular complexity index is 537. The second-order valence-corrected chi connectivity index (χ2v) is 3.08. The summed E-state index contributed by atoms with van der Waals surface area (Å²) in [5.41, 5.74) is 0.944. The number of aromatic nitrogens is 1. The summed E-state index contributed by atoms with van der Waals surface area (Å²) in [5.74, 6) is 0. The number of nitrogens with zero attached hydrogens (tertiary/aromatic N) is 1. The van der Waals surface area contributed by atoms with Crippen LogP contribution in [-0.4, -0.2) is 4.57 Å². The van der Waals surface area contributed by atoms with Crippen LogP contribution >= 0.6 is 0 Å². The highest BCUT2D eigenvalue weighted by Crippen LogP contribution is 2.10. The minimum Gasteiger partial charge on any atom is -0.284 e. The molecular weight excluding hydrogens is 174 g/mol. The lowest BCUT2D eigenvalue weighted by Crippen LogP contribution is -2.13. The van der Waals surface area contributed by atoms with Crippen molar-refractivity contribution in [3.05, 3.63) is 52.8 Å². The quantitative estimate of drug-likeness (QED) is 0.669. The number of para-hydroxylation sites is 1. The van der Waals surface area contributed by atoms with Crippen molar-refractivity contribution in [2.75, 3.05) is 0 Å². The summed E-state index contributed by atoms with van der Waals surface area (Å²) in [6, 6.07) is 11.3. The van der Waals surface area contributed by atoms with Crippen molar-refractivity contribution < 1.29 is 0 Å². The lowest BCUT2D eigenvalue weighted by Gasteiger charge is -2.03. The zero-order chi connectivity index (χ0) is 9.97. The standard InChI is InChI=1S/C12H11NO/c1-2-9-13-11-6-4-3-5-10(11)7-8-12(13)14/h2-9H,1H3. The van der Waals surface area contributed by atoms with Crippen LogP contribution in [0.15, 0.2) is 47.3 Å². The fourth-order valence-electron chi connectivity index (χ4n) is 1.51. The van der Waals surface area contributed by atoms with Gasteiger partial charge in [0.15, 0.2) is 0 Å².